The maximum Gasteiger partial charge on any atom is 0.254 e. The van der Waals surface area contributed by atoms with Crippen molar-refractivity contribution < 1.29 is 8.42 Å². The van der Waals surface area contributed by atoms with Gasteiger partial charge in [0.1, 0.15) is 6.34 Å². The van der Waals surface area contributed by atoms with Crippen molar-refractivity contribution in [1.29, 1.82) is 0 Å². The summed E-state index contributed by atoms with van der Waals surface area (Å²) in [7, 11) is -1.93. The first kappa shape index (κ1) is 22.7. The normalized spacial score (nSPS) is 12.7. The molecule has 0 bridgehead atoms. The smallest absolute Gasteiger partial charge is 0.254 e. The van der Waals surface area contributed by atoms with E-state index in [2.05, 4.69) is 4.99 Å². The van der Waals surface area contributed by atoms with Crippen LogP contribution in [0.1, 0.15) is 31.9 Å². The third-order valence-electron chi connectivity index (χ3n) is 3.81. The molecule has 0 amide bonds. The van der Waals surface area contributed by atoms with Gasteiger partial charge < -0.3 is 0 Å². The van der Waals surface area contributed by atoms with Crippen molar-refractivity contribution >= 4 is 45.8 Å². The van der Waals surface area contributed by atoms with Crippen LogP contribution in [-0.4, -0.2) is 35.4 Å². The van der Waals surface area contributed by atoms with Gasteiger partial charge in [0.25, 0.3) is 10.0 Å². The molecule has 0 aromatic heterocycles. The first-order valence-electron chi connectivity index (χ1n) is 8.74. The van der Waals surface area contributed by atoms with Crippen LogP contribution in [-0.2, 0) is 10.0 Å². The Morgan fingerprint density at radius 3 is 2.21 bits per heavy atom. The molecule has 0 N–H and O–H groups in total. The Morgan fingerprint density at radius 1 is 1.07 bits per heavy atom. The van der Waals surface area contributed by atoms with Crippen LogP contribution < -0.4 is 0 Å². The Labute approximate surface area is 177 Å². The average molecular weight is 440 g/mol. The van der Waals surface area contributed by atoms with Crippen molar-refractivity contribution in [3.8, 4) is 0 Å². The van der Waals surface area contributed by atoms with E-state index in [-0.39, 0.29) is 4.90 Å². The monoisotopic (exact) mass is 439 g/mol. The van der Waals surface area contributed by atoms with E-state index in [0.29, 0.717) is 5.02 Å². The Hall–Kier alpha value is -1.54. The van der Waals surface area contributed by atoms with E-state index in [0.717, 1.165) is 28.9 Å². The average Bonchev–Trinajstić information content (AvgIpc) is 2.58. The second-order valence-electron chi connectivity index (χ2n) is 7.52. The fourth-order valence-electron chi connectivity index (χ4n) is 2.38. The Balaban J connectivity index is 2.26. The molecule has 152 valence electrons. The minimum Gasteiger partial charge on any atom is -0.296 e. The first-order chi connectivity index (χ1) is 12.9. The maximum absolute atomic E-state index is 13.2. The molecular weight excluding hydrogens is 414 g/mol. The van der Waals surface area contributed by atoms with E-state index < -0.39 is 15.6 Å². The number of aliphatic imine (C=N–C) groups is 1. The van der Waals surface area contributed by atoms with E-state index in [1.807, 2.05) is 46.8 Å². The van der Waals surface area contributed by atoms with Crippen LogP contribution in [0.2, 0.25) is 5.02 Å². The first-order valence-corrected chi connectivity index (χ1v) is 11.3. The number of rotatable bonds is 6. The SMILES string of the molecule is Cc1ccc(S(=O)(=O)N(SN(C)/C=N/c2ccc(Cl)cc2C)C(C)(C)C)cc1. The zero-order valence-corrected chi connectivity index (χ0v) is 19.4. The lowest BCUT2D eigenvalue weighted by atomic mass is 10.1. The third-order valence-corrected chi connectivity index (χ3v) is 7.73. The molecule has 0 aliphatic carbocycles. The van der Waals surface area contributed by atoms with Gasteiger partial charge >= 0.3 is 0 Å². The van der Waals surface area contributed by atoms with Gasteiger partial charge in [-0.15, -0.1) is 3.71 Å². The fourth-order valence-corrected chi connectivity index (χ4v) is 5.49. The highest BCUT2D eigenvalue weighted by Gasteiger charge is 2.36. The minimum absolute atomic E-state index is 0.263. The number of benzene rings is 2. The topological polar surface area (TPSA) is 53.0 Å². The van der Waals surface area contributed by atoms with E-state index in [4.69, 9.17) is 11.6 Å². The molecule has 28 heavy (non-hydrogen) atoms. The Kier molecular flexibility index (Phi) is 7.20. The molecule has 5 nitrogen and oxygen atoms in total. The minimum atomic E-state index is -3.69. The Bertz CT molecular complexity index is 952. The van der Waals surface area contributed by atoms with E-state index in [9.17, 15) is 8.42 Å². The number of sulfonamides is 1. The second-order valence-corrected chi connectivity index (χ2v) is 11.1. The summed E-state index contributed by atoms with van der Waals surface area (Å²) in [6.45, 7) is 9.44. The molecule has 0 spiro atoms. The van der Waals surface area contributed by atoms with Crippen molar-refractivity contribution in [2.75, 3.05) is 7.05 Å². The van der Waals surface area contributed by atoms with Crippen molar-refractivity contribution in [3.63, 3.8) is 0 Å². The molecule has 2 rings (SSSR count). The lowest BCUT2D eigenvalue weighted by molar-refractivity contribution is 0.373. The van der Waals surface area contributed by atoms with Crippen molar-refractivity contribution in [2.24, 2.45) is 4.99 Å². The molecule has 0 saturated heterocycles. The van der Waals surface area contributed by atoms with Crippen LogP contribution in [0.5, 0.6) is 0 Å². The molecular formula is C20H26ClN3O2S2. The van der Waals surface area contributed by atoms with Gasteiger partial charge in [-0.3, -0.25) is 4.31 Å². The number of hydrogen-bond acceptors (Lipinski definition) is 4. The number of hydrogen-bond donors (Lipinski definition) is 0. The summed E-state index contributed by atoms with van der Waals surface area (Å²) in [4.78, 5) is 4.71. The van der Waals surface area contributed by atoms with Gasteiger partial charge in [-0.25, -0.2) is 13.4 Å². The molecule has 0 saturated carbocycles. The predicted molar refractivity (Wildman–Crippen MR) is 120 cm³/mol. The van der Waals surface area contributed by atoms with E-state index >= 15 is 0 Å². The fraction of sp³-hybridized carbons (Fsp3) is 0.350. The van der Waals surface area contributed by atoms with Gasteiger partial charge in [0.15, 0.2) is 0 Å². The van der Waals surface area contributed by atoms with Gasteiger partial charge in [-0.1, -0.05) is 29.3 Å². The maximum atomic E-state index is 13.2. The molecule has 8 heteroatoms. The van der Waals surface area contributed by atoms with Crippen LogP contribution in [0, 0.1) is 13.8 Å². The van der Waals surface area contributed by atoms with E-state index in [1.54, 1.807) is 48.0 Å². The Morgan fingerprint density at radius 2 is 1.68 bits per heavy atom. The summed E-state index contributed by atoms with van der Waals surface area (Å²) in [6.07, 6.45) is 1.60. The largest absolute Gasteiger partial charge is 0.296 e. The zero-order chi connectivity index (χ0) is 21.1. The molecule has 2 aromatic rings. The molecule has 0 radical (unpaired) electrons. The summed E-state index contributed by atoms with van der Waals surface area (Å²) >= 11 is 7.07. The predicted octanol–water partition coefficient (Wildman–Crippen LogP) is 5.60. The van der Waals surface area contributed by atoms with Crippen molar-refractivity contribution in [2.45, 2.75) is 45.1 Å². The highest BCUT2D eigenvalue weighted by atomic mass is 35.5. The molecule has 2 aromatic carbocycles. The lowest BCUT2D eigenvalue weighted by Gasteiger charge is -2.34. The van der Waals surface area contributed by atoms with Crippen LogP contribution >= 0.6 is 23.7 Å². The van der Waals surface area contributed by atoms with Gasteiger partial charge in [-0.05, 0) is 70.5 Å². The molecule has 0 fully saturated rings. The summed E-state index contributed by atoms with van der Waals surface area (Å²) < 4.78 is 29.5. The zero-order valence-electron chi connectivity index (χ0n) is 17.0. The number of halogens is 1. The quantitative estimate of drug-likeness (QED) is 0.334. The van der Waals surface area contributed by atoms with Crippen molar-refractivity contribution in [3.05, 3.63) is 58.6 Å². The van der Waals surface area contributed by atoms with Gasteiger partial charge in [0, 0.05) is 17.6 Å². The van der Waals surface area contributed by atoms with Crippen LogP contribution in [0.4, 0.5) is 5.69 Å². The number of nitrogens with zero attached hydrogens (tertiary/aromatic N) is 3. The summed E-state index contributed by atoms with van der Waals surface area (Å²) in [6, 6.07) is 12.3. The highest BCUT2D eigenvalue weighted by Crippen LogP contribution is 2.33. The van der Waals surface area contributed by atoms with Gasteiger partial charge in [-0.2, -0.15) is 0 Å². The van der Waals surface area contributed by atoms with Crippen LogP contribution in [0.15, 0.2) is 52.4 Å². The molecule has 0 aliphatic heterocycles. The van der Waals surface area contributed by atoms with Gasteiger partial charge in [0.05, 0.1) is 22.7 Å². The highest BCUT2D eigenvalue weighted by molar-refractivity contribution is 8.07. The molecule has 0 heterocycles. The molecule has 0 unspecified atom stereocenters. The van der Waals surface area contributed by atoms with Crippen LogP contribution in [0.3, 0.4) is 0 Å². The van der Waals surface area contributed by atoms with Crippen LogP contribution in [0.25, 0.3) is 0 Å². The third kappa shape index (κ3) is 5.73. The molecule has 0 atom stereocenters. The summed E-state index contributed by atoms with van der Waals surface area (Å²) in [5.74, 6) is 0. The number of aryl methyl sites for hydroxylation is 2. The lowest BCUT2D eigenvalue weighted by Crippen LogP contribution is -2.42. The summed E-state index contributed by atoms with van der Waals surface area (Å²) in [5.41, 5.74) is 2.10. The standard InChI is InChI=1S/C20H26ClN3O2S2/c1-15-7-10-18(11-8-15)28(25,26)24(20(3,4)5)27-23(6)14-22-19-12-9-17(21)13-16(19)2/h7-14H,1-6H3/b22-14+. The molecule has 0 aliphatic rings. The van der Waals surface area contributed by atoms with Gasteiger partial charge in [0.2, 0.25) is 0 Å². The van der Waals surface area contributed by atoms with Crippen molar-refractivity contribution in [1.82, 2.24) is 8.02 Å². The van der Waals surface area contributed by atoms with E-state index in [1.165, 1.54) is 3.71 Å². The summed E-state index contributed by atoms with van der Waals surface area (Å²) in [5, 5.41) is 0.655. The second kappa shape index (κ2) is 8.86.